The predicted octanol–water partition coefficient (Wildman–Crippen LogP) is 9.40. The minimum Gasteiger partial charge on any atom is -0.458 e. The third-order valence-corrected chi connectivity index (χ3v) is 11.9. The summed E-state index contributed by atoms with van der Waals surface area (Å²) in [5.74, 6) is 1.42. The van der Waals surface area contributed by atoms with Crippen LogP contribution in [0.3, 0.4) is 0 Å². The highest BCUT2D eigenvalue weighted by Crippen LogP contribution is 2.67. The fourth-order valence-electron chi connectivity index (χ4n) is 9.72. The van der Waals surface area contributed by atoms with Gasteiger partial charge in [0.05, 0.1) is 5.56 Å². The summed E-state index contributed by atoms with van der Waals surface area (Å²) in [7, 11) is 0. The first-order chi connectivity index (χ1) is 19.6. The number of rotatable bonds is 6. The van der Waals surface area contributed by atoms with Crippen LogP contribution in [-0.4, -0.2) is 17.9 Å². The van der Waals surface area contributed by atoms with E-state index in [2.05, 4.69) is 40.7 Å². The van der Waals surface area contributed by atoms with Crippen LogP contribution in [0.15, 0.2) is 83.5 Å². The zero-order valence-electron chi connectivity index (χ0n) is 25.5. The number of fused-ring (bicyclic) bond motifs is 4. The average Bonchev–Trinajstić information content (AvgIpc) is 3.33. The normalized spacial score (nSPS) is 32.7. The quantitative estimate of drug-likeness (QED) is 0.266. The fourth-order valence-corrected chi connectivity index (χ4v) is 9.72. The van der Waals surface area contributed by atoms with E-state index in [9.17, 15) is 9.59 Å². The molecule has 3 heteroatoms. The molecule has 216 valence electrons. The topological polar surface area (TPSA) is 43.4 Å². The molecule has 4 aliphatic rings. The molecule has 0 saturated heterocycles. The van der Waals surface area contributed by atoms with Crippen molar-refractivity contribution in [3.05, 3.63) is 94.6 Å². The molecule has 0 bridgehead atoms. The maximum Gasteiger partial charge on any atom is 0.338 e. The minimum absolute atomic E-state index is 0.0673. The molecule has 2 aromatic carbocycles. The largest absolute Gasteiger partial charge is 0.458 e. The Labute approximate surface area is 246 Å². The number of ketones is 1. The second-order valence-electron chi connectivity index (χ2n) is 14.4. The number of hydrogen-bond acceptors (Lipinski definition) is 3. The molecule has 1 fully saturated rings. The first-order valence-electron chi connectivity index (χ1n) is 15.8. The molecule has 0 aromatic heterocycles. The molecule has 3 nitrogen and oxygen atoms in total. The lowest BCUT2D eigenvalue weighted by atomic mass is 9.46. The van der Waals surface area contributed by atoms with E-state index in [4.69, 9.17) is 4.74 Å². The minimum atomic E-state index is -0.196. The van der Waals surface area contributed by atoms with Crippen molar-refractivity contribution in [1.82, 2.24) is 0 Å². The summed E-state index contributed by atoms with van der Waals surface area (Å²) in [6.07, 6.45) is 10.7. The van der Waals surface area contributed by atoms with Gasteiger partial charge in [-0.1, -0.05) is 94.8 Å². The van der Waals surface area contributed by atoms with Gasteiger partial charge >= 0.3 is 5.97 Å². The molecule has 0 unspecified atom stereocenters. The van der Waals surface area contributed by atoms with Crippen molar-refractivity contribution >= 4 is 11.8 Å². The summed E-state index contributed by atoms with van der Waals surface area (Å²) >= 11 is 0. The van der Waals surface area contributed by atoms with E-state index in [0.717, 1.165) is 44.1 Å². The van der Waals surface area contributed by atoms with Crippen LogP contribution < -0.4 is 0 Å². The Hall–Kier alpha value is -2.94. The van der Waals surface area contributed by atoms with Gasteiger partial charge in [-0.25, -0.2) is 4.79 Å². The maximum atomic E-state index is 13.1. The van der Waals surface area contributed by atoms with Crippen LogP contribution in [0.1, 0.15) is 107 Å². The average molecular weight is 551 g/mol. The molecule has 0 aliphatic heterocycles. The summed E-state index contributed by atoms with van der Waals surface area (Å²) in [4.78, 5) is 26.1. The number of benzene rings is 2. The van der Waals surface area contributed by atoms with E-state index in [0.29, 0.717) is 29.7 Å². The van der Waals surface area contributed by atoms with Gasteiger partial charge in [-0.2, -0.15) is 0 Å². The predicted molar refractivity (Wildman–Crippen MR) is 165 cm³/mol. The van der Waals surface area contributed by atoms with Gasteiger partial charge in [-0.05, 0) is 96.8 Å². The second kappa shape index (κ2) is 10.4. The Morgan fingerprint density at radius 2 is 1.51 bits per heavy atom. The van der Waals surface area contributed by atoms with Crippen molar-refractivity contribution in [3.63, 3.8) is 0 Å². The molecule has 0 N–H and O–H groups in total. The molecule has 6 rings (SSSR count). The summed E-state index contributed by atoms with van der Waals surface area (Å²) in [6, 6.07) is 19.2. The molecule has 2 aromatic rings. The summed E-state index contributed by atoms with van der Waals surface area (Å²) in [5, 5.41) is 0. The Kier molecular flexibility index (Phi) is 7.15. The molecular formula is C38H46O3. The maximum absolute atomic E-state index is 13.1. The molecule has 0 spiro atoms. The van der Waals surface area contributed by atoms with E-state index >= 15 is 0 Å². The first kappa shape index (κ1) is 28.2. The van der Waals surface area contributed by atoms with Crippen LogP contribution in [0.2, 0.25) is 0 Å². The van der Waals surface area contributed by atoms with Crippen LogP contribution in [0.25, 0.3) is 0 Å². The molecule has 4 aliphatic carbocycles. The SMILES string of the molecule is C[C@H](CC(=O)c1ccccc1)[C@H]1CC=C2C3=C(CC[C@@]21C)[C@@]1(C)CC[C@H](OC(=O)c2ccccc2)C(C)(C)[C@@H]1CC3. The molecule has 41 heavy (non-hydrogen) atoms. The second-order valence-corrected chi connectivity index (χ2v) is 14.4. The molecule has 1 saturated carbocycles. The van der Waals surface area contributed by atoms with Crippen molar-refractivity contribution in [2.75, 3.05) is 0 Å². The summed E-state index contributed by atoms with van der Waals surface area (Å²) in [5.41, 5.74) is 6.60. The van der Waals surface area contributed by atoms with E-state index < -0.39 is 0 Å². The van der Waals surface area contributed by atoms with Crippen molar-refractivity contribution in [3.8, 4) is 0 Å². The Morgan fingerprint density at radius 3 is 2.20 bits per heavy atom. The number of hydrogen-bond donors (Lipinski definition) is 0. The van der Waals surface area contributed by atoms with Crippen LogP contribution in [0, 0.1) is 34.0 Å². The molecule has 0 radical (unpaired) electrons. The summed E-state index contributed by atoms with van der Waals surface area (Å²) in [6.45, 7) is 12.0. The van der Waals surface area contributed by atoms with Crippen LogP contribution in [0.4, 0.5) is 0 Å². The zero-order chi connectivity index (χ0) is 29.0. The highest BCUT2D eigenvalue weighted by atomic mass is 16.5. The van der Waals surface area contributed by atoms with Gasteiger partial charge < -0.3 is 4.74 Å². The standard InChI is InChI=1S/C38H46O3/c1-25(24-32(39)26-12-8-6-9-13-26)29-17-18-30-28-16-19-33-36(2,3)34(41-35(40)27-14-10-7-11-15-27)21-23-38(33,5)31(28)20-22-37(29,30)4/h6-15,18,25,29,33-34H,16-17,19-24H2,1-5H3/t25-,29-,33+,34+,37-,38-/m1/s1. The number of carbonyl (C=O) groups excluding carboxylic acids is 2. The Balaban J connectivity index is 1.21. The Bertz CT molecular complexity index is 1380. The zero-order valence-corrected chi connectivity index (χ0v) is 25.5. The first-order valence-corrected chi connectivity index (χ1v) is 15.8. The van der Waals surface area contributed by atoms with Crippen LogP contribution >= 0.6 is 0 Å². The molecule has 0 amide bonds. The third kappa shape index (κ3) is 4.64. The third-order valence-electron chi connectivity index (χ3n) is 11.9. The number of ether oxygens (including phenoxy) is 1. The van der Waals surface area contributed by atoms with Gasteiger partial charge in [0.25, 0.3) is 0 Å². The smallest absolute Gasteiger partial charge is 0.338 e. The van der Waals surface area contributed by atoms with Crippen molar-refractivity contribution in [2.45, 2.75) is 92.1 Å². The van der Waals surface area contributed by atoms with Crippen molar-refractivity contribution in [2.24, 2.45) is 34.0 Å². The van der Waals surface area contributed by atoms with E-state index in [-0.39, 0.29) is 34.1 Å². The Morgan fingerprint density at radius 1 is 0.854 bits per heavy atom. The number of esters is 1. The number of Topliss-reactive ketones (excluding diaryl/α,β-unsaturated/α-hetero) is 1. The van der Waals surface area contributed by atoms with Crippen LogP contribution in [0.5, 0.6) is 0 Å². The van der Waals surface area contributed by atoms with Gasteiger partial charge in [-0.3, -0.25) is 4.79 Å². The molecule has 0 heterocycles. The number of allylic oxidation sites excluding steroid dienone is 4. The number of carbonyl (C=O) groups is 2. The fraction of sp³-hybridized carbons (Fsp3) is 0.526. The van der Waals surface area contributed by atoms with Gasteiger partial charge in [0, 0.05) is 17.4 Å². The highest BCUT2D eigenvalue weighted by molar-refractivity contribution is 5.96. The summed E-state index contributed by atoms with van der Waals surface area (Å²) < 4.78 is 6.22. The van der Waals surface area contributed by atoms with Gasteiger partial charge in [0.1, 0.15) is 6.10 Å². The van der Waals surface area contributed by atoms with Gasteiger partial charge in [-0.15, -0.1) is 0 Å². The lowest BCUT2D eigenvalue weighted by molar-refractivity contribution is -0.0993. The van der Waals surface area contributed by atoms with Crippen LogP contribution in [-0.2, 0) is 4.74 Å². The van der Waals surface area contributed by atoms with E-state index in [1.54, 1.807) is 16.7 Å². The molecular weight excluding hydrogens is 504 g/mol. The van der Waals surface area contributed by atoms with Gasteiger partial charge in [0.2, 0.25) is 0 Å². The highest BCUT2D eigenvalue weighted by Gasteiger charge is 2.58. The van der Waals surface area contributed by atoms with Crippen molar-refractivity contribution in [1.29, 1.82) is 0 Å². The van der Waals surface area contributed by atoms with E-state index in [1.165, 1.54) is 6.42 Å². The van der Waals surface area contributed by atoms with E-state index in [1.807, 2.05) is 60.7 Å². The van der Waals surface area contributed by atoms with Crippen molar-refractivity contribution < 1.29 is 14.3 Å². The van der Waals surface area contributed by atoms with Gasteiger partial charge in [0.15, 0.2) is 5.78 Å². The lowest BCUT2D eigenvalue weighted by Crippen LogP contribution is -2.54. The molecule has 6 atom stereocenters. The lowest BCUT2D eigenvalue weighted by Gasteiger charge is -2.59. The monoisotopic (exact) mass is 550 g/mol.